The van der Waals surface area contributed by atoms with Crippen LogP contribution in [0.4, 0.5) is 5.82 Å². The molecule has 0 spiro atoms. The Bertz CT molecular complexity index is 449. The number of nitrogens with one attached hydrogen (secondary N) is 2. The van der Waals surface area contributed by atoms with E-state index in [1.807, 2.05) is 0 Å². The van der Waals surface area contributed by atoms with Crippen molar-refractivity contribution in [2.24, 2.45) is 0 Å². The van der Waals surface area contributed by atoms with Crippen molar-refractivity contribution in [3.63, 3.8) is 0 Å². The fourth-order valence-electron chi connectivity index (χ4n) is 2.06. The first-order chi connectivity index (χ1) is 10.3. The number of rotatable bonds is 7. The zero-order valence-corrected chi connectivity index (χ0v) is 12.5. The van der Waals surface area contributed by atoms with Crippen LogP contribution in [0.5, 0.6) is 0 Å². The van der Waals surface area contributed by atoms with E-state index in [0.717, 1.165) is 45.8 Å². The predicted octanol–water partition coefficient (Wildman–Crippen LogP) is 0.361. The average Bonchev–Trinajstić information content (AvgIpc) is 2.54. The van der Waals surface area contributed by atoms with Crippen molar-refractivity contribution < 1.29 is 9.53 Å². The molecule has 116 valence electrons. The van der Waals surface area contributed by atoms with Crippen LogP contribution in [0.1, 0.15) is 23.8 Å². The number of amides is 1. The third-order valence-electron chi connectivity index (χ3n) is 3.24. The van der Waals surface area contributed by atoms with E-state index in [-0.39, 0.29) is 5.91 Å². The van der Waals surface area contributed by atoms with Crippen molar-refractivity contribution in [2.75, 3.05) is 51.3 Å². The van der Waals surface area contributed by atoms with Crippen molar-refractivity contribution >= 4 is 11.7 Å². The number of nitrogens with zero attached hydrogens (tertiary/aromatic N) is 3. The highest BCUT2D eigenvalue weighted by molar-refractivity contribution is 5.92. The summed E-state index contributed by atoms with van der Waals surface area (Å²) in [4.78, 5) is 22.6. The molecule has 2 N–H and O–H groups in total. The maximum atomic E-state index is 12.0. The van der Waals surface area contributed by atoms with E-state index in [1.54, 1.807) is 6.20 Å². The van der Waals surface area contributed by atoms with Crippen LogP contribution < -0.4 is 10.6 Å². The second kappa shape index (κ2) is 8.53. The number of hydrogen-bond acceptors (Lipinski definition) is 6. The van der Waals surface area contributed by atoms with E-state index in [0.29, 0.717) is 18.1 Å². The lowest BCUT2D eigenvalue weighted by Crippen LogP contribution is -2.41. The fraction of sp³-hybridized carbons (Fsp3) is 0.643. The fourth-order valence-corrected chi connectivity index (χ4v) is 2.06. The molecule has 0 bridgehead atoms. The van der Waals surface area contributed by atoms with E-state index in [9.17, 15) is 4.79 Å². The van der Waals surface area contributed by atoms with Gasteiger partial charge in [-0.15, -0.1) is 0 Å². The van der Waals surface area contributed by atoms with E-state index in [4.69, 9.17) is 4.74 Å². The number of carbonyl (C=O) groups excluding carboxylic acids is 1. The van der Waals surface area contributed by atoms with Gasteiger partial charge in [0.1, 0.15) is 11.5 Å². The molecule has 0 aliphatic carbocycles. The van der Waals surface area contributed by atoms with E-state index >= 15 is 0 Å². The van der Waals surface area contributed by atoms with Gasteiger partial charge in [0.25, 0.3) is 5.91 Å². The highest BCUT2D eigenvalue weighted by Crippen LogP contribution is 2.02. The molecule has 0 saturated carbocycles. The zero-order chi connectivity index (χ0) is 14.9. The van der Waals surface area contributed by atoms with Crippen LogP contribution in [0.15, 0.2) is 12.4 Å². The monoisotopic (exact) mass is 293 g/mol. The van der Waals surface area contributed by atoms with Gasteiger partial charge in [-0.3, -0.25) is 14.7 Å². The summed E-state index contributed by atoms with van der Waals surface area (Å²) < 4.78 is 5.29. The van der Waals surface area contributed by atoms with Gasteiger partial charge in [0, 0.05) is 32.7 Å². The highest BCUT2D eigenvalue weighted by Gasteiger charge is 2.12. The molecule has 1 aromatic heterocycles. The molecule has 7 nitrogen and oxygen atoms in total. The summed E-state index contributed by atoms with van der Waals surface area (Å²) in [6.07, 6.45) is 4.11. The SMILES string of the molecule is CCCNc1cncc(C(=O)NCCN2CCOCC2)n1. The van der Waals surface area contributed by atoms with Crippen LogP contribution in [-0.2, 0) is 4.74 Å². The van der Waals surface area contributed by atoms with Crippen LogP contribution in [0, 0.1) is 0 Å². The second-order valence-corrected chi connectivity index (χ2v) is 4.93. The molecule has 1 saturated heterocycles. The number of anilines is 1. The molecule has 0 unspecified atom stereocenters. The van der Waals surface area contributed by atoms with Gasteiger partial charge in [-0.1, -0.05) is 6.92 Å². The van der Waals surface area contributed by atoms with Crippen LogP contribution >= 0.6 is 0 Å². The molecule has 1 aromatic rings. The average molecular weight is 293 g/mol. The minimum atomic E-state index is -0.184. The molecule has 1 aliphatic rings. The molecule has 0 radical (unpaired) electrons. The lowest BCUT2D eigenvalue weighted by atomic mass is 10.4. The molecule has 7 heteroatoms. The van der Waals surface area contributed by atoms with Crippen LogP contribution in [0.25, 0.3) is 0 Å². The van der Waals surface area contributed by atoms with Gasteiger partial charge >= 0.3 is 0 Å². The van der Waals surface area contributed by atoms with E-state index in [2.05, 4.69) is 32.4 Å². The molecule has 21 heavy (non-hydrogen) atoms. The standard InChI is InChI=1S/C14H23N5O2/c1-2-3-16-13-11-15-10-12(18-13)14(20)17-4-5-19-6-8-21-9-7-19/h10-11H,2-9H2,1H3,(H,16,18)(H,17,20). The Hall–Kier alpha value is -1.73. The summed E-state index contributed by atoms with van der Waals surface area (Å²) in [5.74, 6) is 0.452. The van der Waals surface area contributed by atoms with Gasteiger partial charge < -0.3 is 15.4 Å². The minimum Gasteiger partial charge on any atom is -0.379 e. The Morgan fingerprint density at radius 1 is 1.33 bits per heavy atom. The van der Waals surface area contributed by atoms with Gasteiger partial charge in [0.15, 0.2) is 0 Å². The number of carbonyl (C=O) groups is 1. The van der Waals surface area contributed by atoms with Gasteiger partial charge in [-0.05, 0) is 6.42 Å². The van der Waals surface area contributed by atoms with Crippen molar-refractivity contribution in [3.05, 3.63) is 18.1 Å². The molecule has 0 atom stereocenters. The van der Waals surface area contributed by atoms with Crippen molar-refractivity contribution in [1.29, 1.82) is 0 Å². The van der Waals surface area contributed by atoms with Crippen LogP contribution in [0.3, 0.4) is 0 Å². The zero-order valence-electron chi connectivity index (χ0n) is 12.5. The first-order valence-corrected chi connectivity index (χ1v) is 7.44. The molecule has 0 aromatic carbocycles. The Labute approximate surface area is 125 Å². The van der Waals surface area contributed by atoms with Gasteiger partial charge in [0.05, 0.1) is 25.6 Å². The summed E-state index contributed by atoms with van der Waals surface area (Å²) in [5, 5.41) is 6.00. The molecule has 2 rings (SSSR count). The van der Waals surface area contributed by atoms with Crippen molar-refractivity contribution in [3.8, 4) is 0 Å². The Balaban J connectivity index is 1.76. The van der Waals surface area contributed by atoms with Crippen molar-refractivity contribution in [1.82, 2.24) is 20.2 Å². The number of hydrogen-bond donors (Lipinski definition) is 2. The Kier molecular flexibility index (Phi) is 6.36. The van der Waals surface area contributed by atoms with Crippen LogP contribution in [-0.4, -0.2) is 66.7 Å². The quantitative estimate of drug-likeness (QED) is 0.756. The topological polar surface area (TPSA) is 79.4 Å². The third-order valence-corrected chi connectivity index (χ3v) is 3.24. The lowest BCUT2D eigenvalue weighted by molar-refractivity contribution is 0.0383. The summed E-state index contributed by atoms with van der Waals surface area (Å²) >= 11 is 0. The predicted molar refractivity (Wildman–Crippen MR) is 80.4 cm³/mol. The largest absolute Gasteiger partial charge is 0.379 e. The smallest absolute Gasteiger partial charge is 0.271 e. The third kappa shape index (κ3) is 5.28. The van der Waals surface area contributed by atoms with E-state index in [1.165, 1.54) is 6.20 Å². The number of morpholine rings is 1. The first kappa shape index (κ1) is 15.7. The second-order valence-electron chi connectivity index (χ2n) is 4.93. The molecular weight excluding hydrogens is 270 g/mol. The van der Waals surface area contributed by atoms with Gasteiger partial charge in [-0.2, -0.15) is 0 Å². The Morgan fingerprint density at radius 3 is 2.90 bits per heavy atom. The molecule has 1 amide bonds. The summed E-state index contributed by atoms with van der Waals surface area (Å²) in [5.41, 5.74) is 0.345. The summed E-state index contributed by atoms with van der Waals surface area (Å²) in [6.45, 7) is 7.70. The van der Waals surface area contributed by atoms with Gasteiger partial charge in [-0.25, -0.2) is 4.98 Å². The Morgan fingerprint density at radius 2 is 2.14 bits per heavy atom. The highest BCUT2D eigenvalue weighted by atomic mass is 16.5. The molecule has 1 aliphatic heterocycles. The number of ether oxygens (including phenoxy) is 1. The lowest BCUT2D eigenvalue weighted by Gasteiger charge is -2.26. The first-order valence-electron chi connectivity index (χ1n) is 7.44. The minimum absolute atomic E-state index is 0.184. The van der Waals surface area contributed by atoms with Crippen molar-refractivity contribution in [2.45, 2.75) is 13.3 Å². The molecule has 1 fully saturated rings. The van der Waals surface area contributed by atoms with Crippen LogP contribution in [0.2, 0.25) is 0 Å². The van der Waals surface area contributed by atoms with Gasteiger partial charge in [0.2, 0.25) is 0 Å². The maximum Gasteiger partial charge on any atom is 0.271 e. The maximum absolute atomic E-state index is 12.0. The summed E-state index contributed by atoms with van der Waals surface area (Å²) in [7, 11) is 0. The van der Waals surface area contributed by atoms with E-state index < -0.39 is 0 Å². The number of aromatic nitrogens is 2. The molecular formula is C14H23N5O2. The summed E-state index contributed by atoms with van der Waals surface area (Å²) in [6, 6.07) is 0. The normalized spacial score (nSPS) is 15.7. The molecule has 2 heterocycles.